The van der Waals surface area contributed by atoms with E-state index in [2.05, 4.69) is 41.6 Å². The maximum Gasteiger partial charge on any atom is 0.421 e. The molecule has 0 unspecified atom stereocenters. The molecule has 0 aliphatic heterocycles. The average molecular weight is 357 g/mol. The highest BCUT2D eigenvalue weighted by molar-refractivity contribution is 5.90. The van der Waals surface area contributed by atoms with Crippen LogP contribution in [0.15, 0.2) is 40.8 Å². The highest BCUT2D eigenvalue weighted by Gasteiger charge is 2.17. The van der Waals surface area contributed by atoms with Gasteiger partial charge in [-0.3, -0.25) is 4.79 Å². The number of carbonyl (C=O) groups excluding carboxylic acids is 1. The van der Waals surface area contributed by atoms with E-state index in [0.29, 0.717) is 11.4 Å². The minimum atomic E-state index is -0.116. The Kier molecular flexibility index (Phi) is 6.13. The first-order valence-corrected chi connectivity index (χ1v) is 8.80. The van der Waals surface area contributed by atoms with Gasteiger partial charge in [0.2, 0.25) is 5.91 Å². The van der Waals surface area contributed by atoms with E-state index in [0.717, 1.165) is 24.6 Å². The highest BCUT2D eigenvalue weighted by atomic mass is 16.1. The number of aromatic nitrogens is 2. The smallest absolute Gasteiger partial charge is 0.383 e. The number of nitrogens with zero attached hydrogens (tertiary/aromatic N) is 4. The number of anilines is 2. The lowest BCUT2D eigenvalue weighted by molar-refractivity contribution is -0.657. The molecule has 0 radical (unpaired) electrons. The van der Waals surface area contributed by atoms with Crippen LogP contribution < -0.4 is 15.2 Å². The molecule has 0 saturated heterocycles. The summed E-state index contributed by atoms with van der Waals surface area (Å²) in [5, 5.41) is 15.1. The number of benzene rings is 1. The highest BCUT2D eigenvalue weighted by Crippen LogP contribution is 2.31. The fourth-order valence-corrected chi connectivity index (χ4v) is 2.33. The van der Waals surface area contributed by atoms with Crippen LogP contribution in [0, 0.1) is 5.41 Å². The summed E-state index contributed by atoms with van der Waals surface area (Å²) in [6.45, 7) is 8.93. The van der Waals surface area contributed by atoms with Crippen LogP contribution in [-0.4, -0.2) is 17.0 Å². The third-order valence-corrected chi connectivity index (χ3v) is 4.42. The molecule has 2 rings (SSSR count). The molecule has 1 aromatic heterocycles. The molecule has 0 bridgehead atoms. The Balaban J connectivity index is 2.33. The Morgan fingerprint density at radius 2 is 2.04 bits per heavy atom. The number of hydrogen-bond donors (Lipinski definition) is 2. The van der Waals surface area contributed by atoms with E-state index < -0.39 is 0 Å². The number of amides is 1. The number of azo groups is 1. The second-order valence-corrected chi connectivity index (χ2v) is 7.30. The molecule has 0 aliphatic rings. The number of nitrogens with one attached hydrogen (secondary N) is 2. The van der Waals surface area contributed by atoms with E-state index in [9.17, 15) is 4.79 Å². The molecule has 1 heterocycles. The van der Waals surface area contributed by atoms with Gasteiger partial charge in [-0.2, -0.15) is 0 Å². The molecule has 0 saturated carbocycles. The van der Waals surface area contributed by atoms with Crippen LogP contribution in [0.5, 0.6) is 0 Å². The van der Waals surface area contributed by atoms with Crippen molar-refractivity contribution in [2.24, 2.45) is 29.7 Å². The Hall–Kier alpha value is -2.70. The second-order valence-electron chi connectivity index (χ2n) is 7.30. The van der Waals surface area contributed by atoms with E-state index in [1.165, 1.54) is 6.92 Å². The number of aryl methyl sites for hydroxylation is 2. The Labute approximate surface area is 155 Å². The molecular formula is C19H29N6O+. The quantitative estimate of drug-likeness (QED) is 0.579. The van der Waals surface area contributed by atoms with Gasteiger partial charge in [0.1, 0.15) is 5.69 Å². The van der Waals surface area contributed by atoms with Gasteiger partial charge in [-0.25, -0.2) is 9.13 Å². The number of rotatable bonds is 7. The zero-order valence-electron chi connectivity index (χ0n) is 16.5. The Bertz CT molecular complexity index is 787. The van der Waals surface area contributed by atoms with Gasteiger partial charge < -0.3 is 10.6 Å². The van der Waals surface area contributed by atoms with Crippen LogP contribution >= 0.6 is 0 Å². The lowest BCUT2D eigenvalue weighted by atomic mass is 9.90. The van der Waals surface area contributed by atoms with E-state index in [-0.39, 0.29) is 11.3 Å². The molecule has 0 atom stereocenters. The SMILES string of the molecule is CCC(C)(C)CNc1ccc(NC(C)=O)cc1N=Nc1n(C)cc[n+]1C. The van der Waals surface area contributed by atoms with Gasteiger partial charge in [0, 0.05) is 24.3 Å². The summed E-state index contributed by atoms with van der Waals surface area (Å²) >= 11 is 0. The first kappa shape index (κ1) is 19.6. The normalized spacial score (nSPS) is 11.8. The molecule has 0 aliphatic carbocycles. The number of hydrogen-bond acceptors (Lipinski definition) is 4. The Morgan fingerprint density at radius 3 is 2.62 bits per heavy atom. The van der Waals surface area contributed by atoms with Crippen molar-refractivity contribution in [1.82, 2.24) is 4.57 Å². The van der Waals surface area contributed by atoms with Crippen LogP contribution in [0.4, 0.5) is 23.0 Å². The standard InChI is InChI=1S/C19H28N6O/c1-7-19(3,4)13-20-16-9-8-15(21-14(2)26)12-17(16)22-23-18-24(5)10-11-25(18)6/h8-12H,7,13H2,1-6H3,(H,21,22,26)/p+1. The van der Waals surface area contributed by atoms with Crippen molar-refractivity contribution in [2.75, 3.05) is 17.2 Å². The van der Waals surface area contributed by atoms with E-state index in [4.69, 9.17) is 0 Å². The minimum absolute atomic E-state index is 0.116. The third kappa shape index (κ3) is 5.15. The predicted octanol–water partition coefficient (Wildman–Crippen LogP) is 4.07. The van der Waals surface area contributed by atoms with Crippen LogP contribution in [0.25, 0.3) is 0 Å². The largest absolute Gasteiger partial charge is 0.421 e. The van der Waals surface area contributed by atoms with Crippen molar-refractivity contribution >= 4 is 28.9 Å². The fraction of sp³-hybridized carbons (Fsp3) is 0.474. The molecule has 140 valence electrons. The molecule has 7 heteroatoms. The summed E-state index contributed by atoms with van der Waals surface area (Å²) in [6, 6.07) is 5.62. The second kappa shape index (κ2) is 8.12. The molecule has 7 nitrogen and oxygen atoms in total. The summed E-state index contributed by atoms with van der Waals surface area (Å²) in [4.78, 5) is 11.4. The van der Waals surface area contributed by atoms with Crippen molar-refractivity contribution in [2.45, 2.75) is 34.1 Å². The summed E-state index contributed by atoms with van der Waals surface area (Å²) in [5.41, 5.74) is 2.45. The van der Waals surface area contributed by atoms with Gasteiger partial charge in [0.25, 0.3) is 0 Å². The van der Waals surface area contributed by atoms with Gasteiger partial charge >= 0.3 is 5.95 Å². The van der Waals surface area contributed by atoms with Crippen LogP contribution in [0.2, 0.25) is 0 Å². The minimum Gasteiger partial charge on any atom is -0.383 e. The summed E-state index contributed by atoms with van der Waals surface area (Å²) in [7, 11) is 3.84. The van der Waals surface area contributed by atoms with Crippen molar-refractivity contribution in [1.29, 1.82) is 0 Å². The zero-order chi connectivity index (χ0) is 19.3. The molecule has 1 aromatic carbocycles. The number of carbonyl (C=O) groups is 1. The van der Waals surface area contributed by atoms with Gasteiger partial charge in [-0.05, 0) is 30.0 Å². The van der Waals surface area contributed by atoms with Crippen LogP contribution in [0.1, 0.15) is 34.1 Å². The van der Waals surface area contributed by atoms with E-state index in [1.54, 1.807) is 0 Å². The molecule has 2 N–H and O–H groups in total. The lowest BCUT2D eigenvalue weighted by Crippen LogP contribution is -2.25. The predicted molar refractivity (Wildman–Crippen MR) is 104 cm³/mol. The first-order valence-electron chi connectivity index (χ1n) is 8.80. The van der Waals surface area contributed by atoms with Crippen molar-refractivity contribution < 1.29 is 9.36 Å². The monoisotopic (exact) mass is 357 g/mol. The fourth-order valence-electron chi connectivity index (χ4n) is 2.33. The summed E-state index contributed by atoms with van der Waals surface area (Å²) < 4.78 is 3.79. The van der Waals surface area contributed by atoms with E-state index in [1.807, 2.05) is 53.8 Å². The maximum absolute atomic E-state index is 11.4. The maximum atomic E-state index is 11.4. The molecule has 2 aromatic rings. The van der Waals surface area contributed by atoms with Crippen LogP contribution in [0.3, 0.4) is 0 Å². The Morgan fingerprint density at radius 1 is 1.31 bits per heavy atom. The van der Waals surface area contributed by atoms with Gasteiger partial charge in [0.15, 0.2) is 0 Å². The first-order chi connectivity index (χ1) is 12.2. The lowest BCUT2D eigenvalue weighted by Gasteiger charge is -2.24. The zero-order valence-corrected chi connectivity index (χ0v) is 16.5. The van der Waals surface area contributed by atoms with Crippen molar-refractivity contribution in [3.05, 3.63) is 30.6 Å². The van der Waals surface area contributed by atoms with Gasteiger partial charge in [-0.1, -0.05) is 25.9 Å². The van der Waals surface area contributed by atoms with Crippen molar-refractivity contribution in [3.63, 3.8) is 0 Å². The molecule has 1 amide bonds. The number of imidazole rings is 1. The molecular weight excluding hydrogens is 328 g/mol. The molecule has 26 heavy (non-hydrogen) atoms. The van der Waals surface area contributed by atoms with Crippen molar-refractivity contribution in [3.8, 4) is 0 Å². The summed E-state index contributed by atoms with van der Waals surface area (Å²) in [6.07, 6.45) is 4.91. The van der Waals surface area contributed by atoms with Crippen LogP contribution in [-0.2, 0) is 18.9 Å². The van der Waals surface area contributed by atoms with Gasteiger partial charge in [0.05, 0.1) is 32.2 Å². The summed E-state index contributed by atoms with van der Waals surface area (Å²) in [5.74, 6) is 0.615. The third-order valence-electron chi connectivity index (χ3n) is 4.42. The molecule has 0 fully saturated rings. The molecule has 0 spiro atoms. The van der Waals surface area contributed by atoms with Gasteiger partial charge in [-0.15, -0.1) is 0 Å². The average Bonchev–Trinajstić information content (AvgIpc) is 2.90. The topological polar surface area (TPSA) is 74.7 Å². The van der Waals surface area contributed by atoms with E-state index >= 15 is 0 Å².